The van der Waals surface area contributed by atoms with Crippen LogP contribution < -0.4 is 5.73 Å². The van der Waals surface area contributed by atoms with Crippen LogP contribution in [0.4, 0.5) is 5.88 Å². The highest BCUT2D eigenvalue weighted by Crippen LogP contribution is 2.28. The molecule has 110 valence electrons. The summed E-state index contributed by atoms with van der Waals surface area (Å²) in [5, 5.41) is 14.9. The summed E-state index contributed by atoms with van der Waals surface area (Å²) in [6.07, 6.45) is 4.56. The minimum absolute atomic E-state index is 0.0862. The highest BCUT2D eigenvalue weighted by Gasteiger charge is 2.21. The van der Waals surface area contributed by atoms with Crippen LogP contribution in [0.3, 0.4) is 0 Å². The molecule has 0 aliphatic heterocycles. The molecular formula is C13H9N5O4. The number of furan rings is 1. The number of hydrogen-bond donors (Lipinski definition) is 1. The molecule has 0 bridgehead atoms. The van der Waals surface area contributed by atoms with Gasteiger partial charge < -0.3 is 10.2 Å². The van der Waals surface area contributed by atoms with Gasteiger partial charge in [0.15, 0.2) is 5.76 Å². The Hall–Kier alpha value is -3.49. The number of nitrogens with zero attached hydrogens (tertiary/aromatic N) is 4. The Kier molecular flexibility index (Phi) is 3.14. The van der Waals surface area contributed by atoms with Crippen molar-refractivity contribution in [3.63, 3.8) is 0 Å². The molecule has 0 aliphatic carbocycles. The molecule has 3 aromatic rings. The largest absolute Gasteiger partial charge is 0.433 e. The van der Waals surface area contributed by atoms with Crippen LogP contribution in [-0.2, 0) is 0 Å². The van der Waals surface area contributed by atoms with Gasteiger partial charge >= 0.3 is 5.88 Å². The number of carbonyl (C=O) groups excluding carboxylic acids is 1. The third kappa shape index (κ3) is 2.30. The lowest BCUT2D eigenvalue weighted by Crippen LogP contribution is -2.11. The smallest absolute Gasteiger partial charge is 0.399 e. The standard InChI is InChI=1S/C13H9N5O4/c14-13(19)9-7-17(8-2-1-5-15-6-8)16-12(9)10-3-4-11(22-10)18(20)21/h1-7H,(H2,14,19). The van der Waals surface area contributed by atoms with Crippen LogP contribution in [0.15, 0.2) is 47.3 Å². The van der Waals surface area contributed by atoms with Crippen molar-refractivity contribution < 1.29 is 14.1 Å². The van der Waals surface area contributed by atoms with E-state index in [0.717, 1.165) is 0 Å². The quantitative estimate of drug-likeness (QED) is 0.574. The van der Waals surface area contributed by atoms with E-state index in [1.165, 1.54) is 23.0 Å². The van der Waals surface area contributed by atoms with Crippen LogP contribution >= 0.6 is 0 Å². The van der Waals surface area contributed by atoms with E-state index < -0.39 is 16.7 Å². The average molecular weight is 299 g/mol. The molecule has 22 heavy (non-hydrogen) atoms. The third-order valence-electron chi connectivity index (χ3n) is 2.90. The number of hydrogen-bond acceptors (Lipinski definition) is 6. The lowest BCUT2D eigenvalue weighted by Gasteiger charge is -1.98. The van der Waals surface area contributed by atoms with Gasteiger partial charge in [0, 0.05) is 12.4 Å². The molecule has 0 unspecified atom stereocenters. The predicted molar refractivity (Wildman–Crippen MR) is 74.2 cm³/mol. The number of primary amides is 1. The minimum Gasteiger partial charge on any atom is -0.399 e. The van der Waals surface area contributed by atoms with Crippen LogP contribution in [0.25, 0.3) is 17.1 Å². The van der Waals surface area contributed by atoms with Crippen LogP contribution in [0.5, 0.6) is 0 Å². The average Bonchev–Trinajstić information content (AvgIpc) is 3.15. The first-order valence-corrected chi connectivity index (χ1v) is 6.10. The van der Waals surface area contributed by atoms with Gasteiger partial charge in [-0.2, -0.15) is 5.10 Å². The zero-order valence-corrected chi connectivity index (χ0v) is 11.0. The normalized spacial score (nSPS) is 10.5. The van der Waals surface area contributed by atoms with Gasteiger partial charge in [-0.3, -0.25) is 19.9 Å². The van der Waals surface area contributed by atoms with Gasteiger partial charge in [-0.1, -0.05) is 0 Å². The summed E-state index contributed by atoms with van der Waals surface area (Å²) >= 11 is 0. The second-order valence-corrected chi connectivity index (χ2v) is 4.31. The van der Waals surface area contributed by atoms with Gasteiger partial charge in [0.05, 0.1) is 23.5 Å². The maximum atomic E-state index is 11.6. The Morgan fingerprint density at radius 3 is 2.77 bits per heavy atom. The molecule has 0 radical (unpaired) electrons. The number of nitrogens with two attached hydrogens (primary N) is 1. The van der Waals surface area contributed by atoms with Crippen molar-refractivity contribution in [2.24, 2.45) is 5.73 Å². The van der Waals surface area contributed by atoms with Gasteiger partial charge in [-0.25, -0.2) is 4.68 Å². The van der Waals surface area contributed by atoms with Crippen molar-refractivity contribution in [1.29, 1.82) is 0 Å². The lowest BCUT2D eigenvalue weighted by atomic mass is 10.2. The molecule has 0 aliphatic rings. The molecule has 0 fully saturated rings. The van der Waals surface area contributed by atoms with Gasteiger partial charge in [0.1, 0.15) is 10.6 Å². The molecule has 3 heterocycles. The Bertz CT molecular complexity index is 852. The monoisotopic (exact) mass is 299 g/mol. The van der Waals surface area contributed by atoms with Crippen LogP contribution in [0, 0.1) is 10.1 Å². The lowest BCUT2D eigenvalue weighted by molar-refractivity contribution is -0.401. The highest BCUT2D eigenvalue weighted by atomic mass is 16.6. The minimum atomic E-state index is -0.718. The van der Waals surface area contributed by atoms with E-state index in [4.69, 9.17) is 10.2 Å². The summed E-state index contributed by atoms with van der Waals surface area (Å²) in [6, 6.07) is 5.99. The van der Waals surface area contributed by atoms with Crippen molar-refractivity contribution in [2.75, 3.05) is 0 Å². The van der Waals surface area contributed by atoms with E-state index in [-0.39, 0.29) is 17.0 Å². The molecule has 0 atom stereocenters. The van der Waals surface area contributed by atoms with Crippen LogP contribution in [-0.4, -0.2) is 25.6 Å². The van der Waals surface area contributed by atoms with Gasteiger partial charge in [0.25, 0.3) is 5.91 Å². The Balaban J connectivity index is 2.12. The molecule has 0 aromatic carbocycles. The number of aromatic nitrogens is 3. The van der Waals surface area contributed by atoms with Gasteiger partial charge in [-0.15, -0.1) is 0 Å². The molecule has 0 spiro atoms. The highest BCUT2D eigenvalue weighted by molar-refractivity contribution is 5.98. The first kappa shape index (κ1) is 13.5. The number of nitro groups is 1. The fourth-order valence-corrected chi connectivity index (χ4v) is 1.91. The van der Waals surface area contributed by atoms with E-state index in [9.17, 15) is 14.9 Å². The maximum Gasteiger partial charge on any atom is 0.433 e. The maximum absolute atomic E-state index is 11.6. The molecule has 2 N–H and O–H groups in total. The number of pyridine rings is 1. The number of amides is 1. The fourth-order valence-electron chi connectivity index (χ4n) is 1.91. The Morgan fingerprint density at radius 2 is 2.18 bits per heavy atom. The Labute approximate surface area is 123 Å². The number of carbonyl (C=O) groups is 1. The van der Waals surface area contributed by atoms with Crippen molar-refractivity contribution in [3.05, 3.63) is 58.5 Å². The van der Waals surface area contributed by atoms with Crippen molar-refractivity contribution >= 4 is 11.8 Å². The first-order chi connectivity index (χ1) is 10.6. The summed E-state index contributed by atoms with van der Waals surface area (Å²) in [6.45, 7) is 0. The Morgan fingerprint density at radius 1 is 1.36 bits per heavy atom. The molecule has 3 rings (SSSR count). The molecule has 9 heteroatoms. The summed E-state index contributed by atoms with van der Waals surface area (Å²) in [5.41, 5.74) is 6.16. The van der Waals surface area contributed by atoms with Gasteiger partial charge in [0.2, 0.25) is 0 Å². The summed E-state index contributed by atoms with van der Waals surface area (Å²) < 4.78 is 6.47. The van der Waals surface area contributed by atoms with E-state index in [2.05, 4.69) is 10.1 Å². The second-order valence-electron chi connectivity index (χ2n) is 4.31. The van der Waals surface area contributed by atoms with Crippen LogP contribution in [0.2, 0.25) is 0 Å². The van der Waals surface area contributed by atoms with Crippen LogP contribution in [0.1, 0.15) is 10.4 Å². The summed E-state index contributed by atoms with van der Waals surface area (Å²) in [5.74, 6) is -1.08. The fraction of sp³-hybridized carbons (Fsp3) is 0. The van der Waals surface area contributed by atoms with E-state index >= 15 is 0 Å². The first-order valence-electron chi connectivity index (χ1n) is 6.10. The van der Waals surface area contributed by atoms with E-state index in [1.54, 1.807) is 24.5 Å². The van der Waals surface area contributed by atoms with Crippen molar-refractivity contribution in [2.45, 2.75) is 0 Å². The topological polar surface area (TPSA) is 130 Å². The summed E-state index contributed by atoms with van der Waals surface area (Å²) in [7, 11) is 0. The zero-order valence-electron chi connectivity index (χ0n) is 11.0. The molecular weight excluding hydrogens is 290 g/mol. The molecule has 0 saturated carbocycles. The predicted octanol–water partition coefficient (Wildman–Crippen LogP) is 1.53. The number of rotatable bonds is 4. The second kappa shape index (κ2) is 5.13. The third-order valence-corrected chi connectivity index (χ3v) is 2.90. The van der Waals surface area contributed by atoms with Gasteiger partial charge in [-0.05, 0) is 18.2 Å². The van der Waals surface area contributed by atoms with E-state index in [0.29, 0.717) is 5.69 Å². The van der Waals surface area contributed by atoms with E-state index in [1.807, 2.05) is 0 Å². The van der Waals surface area contributed by atoms with Crippen molar-refractivity contribution in [1.82, 2.24) is 14.8 Å². The SMILES string of the molecule is NC(=O)c1cn(-c2cccnc2)nc1-c1ccc([N+](=O)[O-])o1. The van der Waals surface area contributed by atoms with Crippen molar-refractivity contribution in [3.8, 4) is 17.1 Å². The molecule has 3 aromatic heterocycles. The summed E-state index contributed by atoms with van der Waals surface area (Å²) in [4.78, 5) is 25.5. The molecule has 0 saturated heterocycles. The zero-order chi connectivity index (χ0) is 15.7. The molecule has 1 amide bonds. The molecule has 9 nitrogen and oxygen atoms in total.